The van der Waals surface area contributed by atoms with Crippen molar-refractivity contribution in [1.29, 1.82) is 0 Å². The summed E-state index contributed by atoms with van der Waals surface area (Å²) in [7, 11) is 0. The van der Waals surface area contributed by atoms with E-state index in [-0.39, 0.29) is 24.6 Å². The molecular weight excluding hydrogens is 236 g/mol. The lowest BCUT2D eigenvalue weighted by molar-refractivity contribution is -0.145. The third kappa shape index (κ3) is 3.13. The first-order valence-electron chi connectivity index (χ1n) is 6.27. The third-order valence-electron chi connectivity index (χ3n) is 3.49. The number of carbonyl (C=O) groups excluding carboxylic acids is 1. The van der Waals surface area contributed by atoms with Gasteiger partial charge in [0.15, 0.2) is 0 Å². The summed E-state index contributed by atoms with van der Waals surface area (Å²) in [5, 5.41) is 17.8. The van der Waals surface area contributed by atoms with Crippen LogP contribution in [-0.2, 0) is 4.79 Å². The van der Waals surface area contributed by atoms with Crippen LogP contribution in [0.1, 0.15) is 20.8 Å². The van der Waals surface area contributed by atoms with Crippen molar-refractivity contribution < 1.29 is 19.8 Å². The topological polar surface area (TPSA) is 81.1 Å². The maximum Gasteiger partial charge on any atom is 0.320 e. The van der Waals surface area contributed by atoms with Crippen LogP contribution >= 0.6 is 0 Å². The quantitative estimate of drug-likeness (QED) is 0.750. The van der Waals surface area contributed by atoms with Gasteiger partial charge in [-0.1, -0.05) is 6.92 Å². The number of rotatable bonds is 5. The average molecular weight is 258 g/mol. The van der Waals surface area contributed by atoms with Crippen molar-refractivity contribution in [3.05, 3.63) is 0 Å². The third-order valence-corrected chi connectivity index (χ3v) is 3.49. The Morgan fingerprint density at radius 2 is 1.89 bits per heavy atom. The first-order chi connectivity index (χ1) is 8.38. The van der Waals surface area contributed by atoms with Crippen LogP contribution < -0.4 is 0 Å². The number of hydrogen-bond acceptors (Lipinski definition) is 3. The Hall–Kier alpha value is -1.30. The van der Waals surface area contributed by atoms with Gasteiger partial charge in [0.2, 0.25) is 0 Å². The number of carboxylic acids is 1. The van der Waals surface area contributed by atoms with Crippen molar-refractivity contribution in [3.63, 3.8) is 0 Å². The number of aliphatic carboxylic acids is 1. The molecule has 1 heterocycles. The molecule has 1 unspecified atom stereocenters. The Balaban J connectivity index is 2.49. The zero-order valence-corrected chi connectivity index (χ0v) is 11.2. The minimum Gasteiger partial charge on any atom is -0.481 e. The molecule has 2 N–H and O–H groups in total. The second kappa shape index (κ2) is 6.04. The smallest absolute Gasteiger partial charge is 0.320 e. The highest BCUT2D eigenvalue weighted by molar-refractivity contribution is 5.76. The van der Waals surface area contributed by atoms with Crippen LogP contribution in [-0.4, -0.2) is 64.3 Å². The second-order valence-corrected chi connectivity index (χ2v) is 5.09. The van der Waals surface area contributed by atoms with E-state index in [1.165, 1.54) is 0 Å². The number of carbonyl (C=O) groups is 2. The predicted octanol–water partition coefficient (Wildman–Crippen LogP) is 0.462. The van der Waals surface area contributed by atoms with Gasteiger partial charge in [-0.05, 0) is 13.8 Å². The molecule has 0 spiro atoms. The molecule has 1 saturated heterocycles. The number of nitrogens with zero attached hydrogens (tertiary/aromatic N) is 2. The SMILES string of the molecule is CC(C(=O)O)C1CN(C(=O)N(CCO)C(C)C)C1. The first kappa shape index (κ1) is 14.8. The molecule has 1 fully saturated rings. The zero-order valence-electron chi connectivity index (χ0n) is 11.2. The Labute approximate surface area is 107 Å². The summed E-state index contributed by atoms with van der Waals surface area (Å²) >= 11 is 0. The van der Waals surface area contributed by atoms with Gasteiger partial charge in [0.05, 0.1) is 12.5 Å². The van der Waals surface area contributed by atoms with E-state index in [4.69, 9.17) is 10.2 Å². The number of carboxylic acid groups (broad SMARTS) is 1. The maximum absolute atomic E-state index is 12.1. The fourth-order valence-corrected chi connectivity index (χ4v) is 2.05. The van der Waals surface area contributed by atoms with Gasteiger partial charge in [-0.15, -0.1) is 0 Å². The molecule has 1 atom stereocenters. The van der Waals surface area contributed by atoms with Crippen LogP contribution in [0.25, 0.3) is 0 Å². The van der Waals surface area contributed by atoms with Gasteiger partial charge in [-0.25, -0.2) is 4.79 Å². The van der Waals surface area contributed by atoms with Crippen molar-refractivity contribution in [3.8, 4) is 0 Å². The van der Waals surface area contributed by atoms with E-state index in [1.54, 1.807) is 16.7 Å². The Bertz CT molecular complexity index is 313. The molecule has 6 nitrogen and oxygen atoms in total. The van der Waals surface area contributed by atoms with Crippen molar-refractivity contribution in [2.24, 2.45) is 11.8 Å². The normalized spacial score (nSPS) is 17.5. The van der Waals surface area contributed by atoms with Gasteiger partial charge in [-0.3, -0.25) is 4.79 Å². The molecule has 1 aliphatic rings. The predicted molar refractivity (Wildman–Crippen MR) is 66.2 cm³/mol. The maximum atomic E-state index is 12.1. The summed E-state index contributed by atoms with van der Waals surface area (Å²) in [4.78, 5) is 26.1. The molecule has 0 aromatic heterocycles. The Morgan fingerprint density at radius 3 is 2.28 bits per heavy atom. The van der Waals surface area contributed by atoms with E-state index in [9.17, 15) is 9.59 Å². The lowest BCUT2D eigenvalue weighted by Gasteiger charge is -2.44. The molecule has 0 aromatic rings. The van der Waals surface area contributed by atoms with Crippen LogP contribution in [0.2, 0.25) is 0 Å². The molecular formula is C12H22N2O4. The monoisotopic (exact) mass is 258 g/mol. The zero-order chi connectivity index (χ0) is 13.9. The summed E-state index contributed by atoms with van der Waals surface area (Å²) in [6, 6.07) is -0.0894. The molecule has 0 aromatic carbocycles. The van der Waals surface area contributed by atoms with E-state index in [1.807, 2.05) is 13.8 Å². The Morgan fingerprint density at radius 1 is 1.33 bits per heavy atom. The van der Waals surface area contributed by atoms with Crippen molar-refractivity contribution in [2.75, 3.05) is 26.2 Å². The standard InChI is InChI=1S/C12H22N2O4/c1-8(2)14(4-5-15)12(18)13-6-10(7-13)9(3)11(16)17/h8-10,15H,4-7H2,1-3H3,(H,16,17). The molecule has 1 aliphatic heterocycles. The molecule has 2 amide bonds. The summed E-state index contributed by atoms with van der Waals surface area (Å²) in [5.74, 6) is -1.20. The molecule has 18 heavy (non-hydrogen) atoms. The number of urea groups is 1. The van der Waals surface area contributed by atoms with Crippen molar-refractivity contribution in [2.45, 2.75) is 26.8 Å². The van der Waals surface area contributed by atoms with Gasteiger partial charge in [0.1, 0.15) is 0 Å². The van der Waals surface area contributed by atoms with E-state index in [0.717, 1.165) is 0 Å². The molecule has 0 aliphatic carbocycles. The molecule has 1 rings (SSSR count). The summed E-state index contributed by atoms with van der Waals surface area (Å²) in [6.07, 6.45) is 0. The highest BCUT2D eigenvalue weighted by Gasteiger charge is 2.38. The highest BCUT2D eigenvalue weighted by atomic mass is 16.4. The molecule has 104 valence electrons. The van der Waals surface area contributed by atoms with Gasteiger partial charge >= 0.3 is 12.0 Å². The van der Waals surface area contributed by atoms with Crippen LogP contribution in [0.4, 0.5) is 4.79 Å². The number of aliphatic hydroxyl groups excluding tert-OH is 1. The van der Waals surface area contributed by atoms with Gasteiger partial charge in [0, 0.05) is 31.6 Å². The second-order valence-electron chi connectivity index (χ2n) is 5.09. The van der Waals surface area contributed by atoms with Crippen LogP contribution in [0.15, 0.2) is 0 Å². The minimum atomic E-state index is -0.817. The number of hydrogen-bond donors (Lipinski definition) is 2. The van der Waals surface area contributed by atoms with Crippen LogP contribution in [0.3, 0.4) is 0 Å². The van der Waals surface area contributed by atoms with E-state index in [2.05, 4.69) is 0 Å². The number of aliphatic hydroxyl groups is 1. The van der Waals surface area contributed by atoms with Gasteiger partial charge in [0.25, 0.3) is 0 Å². The number of amides is 2. The first-order valence-corrected chi connectivity index (χ1v) is 6.27. The van der Waals surface area contributed by atoms with Crippen molar-refractivity contribution >= 4 is 12.0 Å². The van der Waals surface area contributed by atoms with Crippen LogP contribution in [0, 0.1) is 11.8 Å². The molecule has 6 heteroatoms. The molecule has 0 radical (unpaired) electrons. The van der Waals surface area contributed by atoms with Gasteiger partial charge < -0.3 is 20.0 Å². The van der Waals surface area contributed by atoms with E-state index in [0.29, 0.717) is 19.6 Å². The van der Waals surface area contributed by atoms with Crippen molar-refractivity contribution in [1.82, 2.24) is 9.80 Å². The lowest BCUT2D eigenvalue weighted by Crippen LogP contribution is -2.58. The lowest BCUT2D eigenvalue weighted by atomic mass is 9.87. The minimum absolute atomic E-state index is 0.0283. The Kier molecular flexibility index (Phi) is 4.95. The largest absolute Gasteiger partial charge is 0.481 e. The summed E-state index contributed by atoms with van der Waals surface area (Å²) < 4.78 is 0. The summed E-state index contributed by atoms with van der Waals surface area (Å²) in [5.41, 5.74) is 0. The fraction of sp³-hybridized carbons (Fsp3) is 0.833. The van der Waals surface area contributed by atoms with E-state index < -0.39 is 11.9 Å². The summed E-state index contributed by atoms with van der Waals surface area (Å²) in [6.45, 7) is 6.68. The number of likely N-dealkylation sites (tertiary alicyclic amines) is 1. The average Bonchev–Trinajstić information content (AvgIpc) is 2.22. The highest BCUT2D eigenvalue weighted by Crippen LogP contribution is 2.25. The fourth-order valence-electron chi connectivity index (χ4n) is 2.05. The molecule has 0 saturated carbocycles. The van der Waals surface area contributed by atoms with Crippen LogP contribution in [0.5, 0.6) is 0 Å². The molecule has 0 bridgehead atoms. The van der Waals surface area contributed by atoms with Gasteiger partial charge in [-0.2, -0.15) is 0 Å². The van der Waals surface area contributed by atoms with E-state index >= 15 is 0 Å².